The summed E-state index contributed by atoms with van der Waals surface area (Å²) >= 11 is 1.60. The summed E-state index contributed by atoms with van der Waals surface area (Å²) in [5.74, 6) is 0.611. The Bertz CT molecular complexity index is 914. The van der Waals surface area contributed by atoms with Crippen LogP contribution in [0.25, 0.3) is 10.2 Å². The van der Waals surface area contributed by atoms with Gasteiger partial charge in [-0.3, -0.25) is 9.69 Å². The number of carbonyl (C=O) groups excluding carboxylic acids is 1. The van der Waals surface area contributed by atoms with Gasteiger partial charge < -0.3 is 4.90 Å². The van der Waals surface area contributed by atoms with Crippen LogP contribution < -0.4 is 0 Å². The molecule has 2 aliphatic rings. The quantitative estimate of drug-likeness (QED) is 0.792. The first-order chi connectivity index (χ1) is 11.9. The Balaban J connectivity index is 1.42. The molecule has 3 heterocycles. The van der Waals surface area contributed by atoms with Gasteiger partial charge in [0.05, 0.1) is 26.7 Å². The second kappa shape index (κ2) is 6.34. The van der Waals surface area contributed by atoms with Crippen LogP contribution in [0.15, 0.2) is 18.2 Å². The summed E-state index contributed by atoms with van der Waals surface area (Å²) in [7, 11) is -2.86. The van der Waals surface area contributed by atoms with Crippen molar-refractivity contribution in [3.8, 4) is 0 Å². The Morgan fingerprint density at radius 1 is 1.24 bits per heavy atom. The number of aryl methyl sites for hydroxylation is 1. The number of thiazole rings is 1. The lowest BCUT2D eigenvalue weighted by atomic mass is 10.1. The second-order valence-corrected chi connectivity index (χ2v) is 10.3. The first-order valence-electron chi connectivity index (χ1n) is 8.52. The summed E-state index contributed by atoms with van der Waals surface area (Å²) in [6.07, 6.45) is 0.720. The third-order valence-electron chi connectivity index (χ3n) is 5.07. The summed E-state index contributed by atoms with van der Waals surface area (Å²) < 4.78 is 24.3. The van der Waals surface area contributed by atoms with E-state index >= 15 is 0 Å². The molecule has 0 saturated carbocycles. The van der Waals surface area contributed by atoms with Gasteiger partial charge in [-0.1, -0.05) is 0 Å². The predicted molar refractivity (Wildman–Crippen MR) is 98.9 cm³/mol. The minimum Gasteiger partial charge on any atom is -0.336 e. The molecule has 1 aromatic carbocycles. The molecule has 2 saturated heterocycles. The Morgan fingerprint density at radius 2 is 2.00 bits per heavy atom. The molecular formula is C17H21N3O3S2. The van der Waals surface area contributed by atoms with Crippen LogP contribution in [-0.4, -0.2) is 72.8 Å². The lowest BCUT2D eigenvalue weighted by Gasteiger charge is -2.37. The number of aromatic nitrogens is 1. The number of hydrogen-bond donors (Lipinski definition) is 0. The molecule has 1 atom stereocenters. The Hall–Kier alpha value is -1.51. The molecule has 8 heteroatoms. The van der Waals surface area contributed by atoms with Crippen LogP contribution in [0.2, 0.25) is 0 Å². The van der Waals surface area contributed by atoms with Crippen LogP contribution in [0.3, 0.4) is 0 Å². The maximum atomic E-state index is 12.8. The fourth-order valence-corrected chi connectivity index (χ4v) is 6.34. The van der Waals surface area contributed by atoms with Crippen molar-refractivity contribution in [2.45, 2.75) is 19.4 Å². The van der Waals surface area contributed by atoms with Crippen molar-refractivity contribution >= 4 is 37.3 Å². The van der Waals surface area contributed by atoms with Gasteiger partial charge in [-0.2, -0.15) is 0 Å². The minimum atomic E-state index is -2.86. The van der Waals surface area contributed by atoms with Gasteiger partial charge in [0.1, 0.15) is 0 Å². The van der Waals surface area contributed by atoms with E-state index in [1.54, 1.807) is 11.3 Å². The molecule has 4 rings (SSSR count). The third kappa shape index (κ3) is 3.43. The molecule has 6 nitrogen and oxygen atoms in total. The Morgan fingerprint density at radius 3 is 2.68 bits per heavy atom. The number of hydrogen-bond acceptors (Lipinski definition) is 6. The van der Waals surface area contributed by atoms with Crippen molar-refractivity contribution in [1.29, 1.82) is 0 Å². The van der Waals surface area contributed by atoms with Crippen molar-refractivity contribution in [2.75, 3.05) is 37.7 Å². The maximum absolute atomic E-state index is 12.8. The lowest BCUT2D eigenvalue weighted by molar-refractivity contribution is 0.0588. The molecule has 1 unspecified atom stereocenters. The second-order valence-electron chi connectivity index (χ2n) is 6.80. The number of carbonyl (C=O) groups is 1. The average molecular weight is 380 g/mol. The largest absolute Gasteiger partial charge is 0.336 e. The fourth-order valence-electron chi connectivity index (χ4n) is 3.71. The highest BCUT2D eigenvalue weighted by molar-refractivity contribution is 7.91. The average Bonchev–Trinajstić information content (AvgIpc) is 3.14. The maximum Gasteiger partial charge on any atom is 0.253 e. The number of piperazine rings is 1. The van der Waals surface area contributed by atoms with E-state index in [0.29, 0.717) is 24.4 Å². The van der Waals surface area contributed by atoms with Crippen LogP contribution in [0.1, 0.15) is 21.8 Å². The first-order valence-corrected chi connectivity index (χ1v) is 11.2. The molecule has 0 radical (unpaired) electrons. The van der Waals surface area contributed by atoms with Gasteiger partial charge in [-0.25, -0.2) is 13.4 Å². The molecule has 1 amide bonds. The van der Waals surface area contributed by atoms with Crippen molar-refractivity contribution < 1.29 is 13.2 Å². The standard InChI is InChI=1S/C17H21N3O3S2/c1-12-18-15-3-2-13(10-16(15)24-12)17(21)20-7-5-19(6-8-20)14-4-9-25(22,23)11-14/h2-3,10,14H,4-9,11H2,1H3. The highest BCUT2D eigenvalue weighted by Gasteiger charge is 2.34. The van der Waals surface area contributed by atoms with Crippen molar-refractivity contribution in [1.82, 2.24) is 14.8 Å². The van der Waals surface area contributed by atoms with Gasteiger partial charge in [-0.15, -0.1) is 11.3 Å². The highest BCUT2D eigenvalue weighted by Crippen LogP contribution is 2.24. The molecule has 134 valence electrons. The molecule has 0 spiro atoms. The van der Waals surface area contributed by atoms with Crippen molar-refractivity contribution in [2.24, 2.45) is 0 Å². The summed E-state index contributed by atoms with van der Waals surface area (Å²) in [4.78, 5) is 21.3. The number of amides is 1. The number of nitrogens with zero attached hydrogens (tertiary/aromatic N) is 3. The highest BCUT2D eigenvalue weighted by atomic mass is 32.2. The molecule has 0 N–H and O–H groups in total. The molecule has 0 bridgehead atoms. The lowest BCUT2D eigenvalue weighted by Crippen LogP contribution is -2.52. The minimum absolute atomic E-state index is 0.0478. The molecule has 2 fully saturated rings. The van der Waals surface area contributed by atoms with E-state index < -0.39 is 9.84 Å². The number of benzene rings is 1. The fraction of sp³-hybridized carbons (Fsp3) is 0.529. The Labute approximate surface area is 151 Å². The molecule has 1 aromatic heterocycles. The van der Waals surface area contributed by atoms with E-state index in [1.165, 1.54) is 0 Å². The molecule has 2 aliphatic heterocycles. The summed E-state index contributed by atoms with van der Waals surface area (Å²) in [5, 5.41) is 1.000. The topological polar surface area (TPSA) is 70.6 Å². The first kappa shape index (κ1) is 16.9. The van der Waals surface area contributed by atoms with Crippen LogP contribution >= 0.6 is 11.3 Å². The monoisotopic (exact) mass is 379 g/mol. The molecule has 2 aromatic rings. The van der Waals surface area contributed by atoms with E-state index in [9.17, 15) is 13.2 Å². The summed E-state index contributed by atoms with van der Waals surface area (Å²) in [6.45, 7) is 4.75. The third-order valence-corrected chi connectivity index (χ3v) is 7.75. The number of rotatable bonds is 2. The van der Waals surface area contributed by atoms with Crippen LogP contribution in [0.5, 0.6) is 0 Å². The van der Waals surface area contributed by atoms with E-state index in [1.807, 2.05) is 30.0 Å². The smallest absolute Gasteiger partial charge is 0.253 e. The predicted octanol–water partition coefficient (Wildman–Crippen LogP) is 1.55. The molecule has 0 aliphatic carbocycles. The van der Waals surface area contributed by atoms with Crippen molar-refractivity contribution in [3.05, 3.63) is 28.8 Å². The van der Waals surface area contributed by atoms with E-state index in [4.69, 9.17) is 0 Å². The van der Waals surface area contributed by atoms with Gasteiger partial charge >= 0.3 is 0 Å². The van der Waals surface area contributed by atoms with E-state index in [2.05, 4.69) is 9.88 Å². The van der Waals surface area contributed by atoms with Crippen molar-refractivity contribution in [3.63, 3.8) is 0 Å². The molecular weight excluding hydrogens is 358 g/mol. The van der Waals surface area contributed by atoms with Gasteiger partial charge in [0, 0.05) is 37.8 Å². The van der Waals surface area contributed by atoms with Gasteiger partial charge in [0.15, 0.2) is 9.84 Å². The normalized spacial score (nSPS) is 24.0. The van der Waals surface area contributed by atoms with Gasteiger partial charge in [-0.05, 0) is 31.5 Å². The van der Waals surface area contributed by atoms with Crippen LogP contribution in [0, 0.1) is 6.92 Å². The Kier molecular flexibility index (Phi) is 4.29. The van der Waals surface area contributed by atoms with Gasteiger partial charge in [0.2, 0.25) is 0 Å². The summed E-state index contributed by atoms with van der Waals surface area (Å²) in [6, 6.07) is 5.81. The van der Waals surface area contributed by atoms with E-state index in [0.717, 1.165) is 34.7 Å². The zero-order valence-electron chi connectivity index (χ0n) is 14.1. The number of sulfone groups is 1. The van der Waals surface area contributed by atoms with Crippen LogP contribution in [0.4, 0.5) is 0 Å². The SMILES string of the molecule is Cc1nc2ccc(C(=O)N3CCN(C4CCS(=O)(=O)C4)CC3)cc2s1. The summed E-state index contributed by atoms with van der Waals surface area (Å²) in [5.41, 5.74) is 1.64. The van der Waals surface area contributed by atoms with E-state index in [-0.39, 0.29) is 17.7 Å². The van der Waals surface area contributed by atoms with Crippen LogP contribution in [-0.2, 0) is 9.84 Å². The zero-order chi connectivity index (χ0) is 17.6. The molecule has 25 heavy (non-hydrogen) atoms. The zero-order valence-corrected chi connectivity index (χ0v) is 15.8. The number of fused-ring (bicyclic) bond motifs is 1. The van der Waals surface area contributed by atoms with Gasteiger partial charge in [0.25, 0.3) is 5.91 Å².